The average molecular weight is 243 g/mol. The first-order valence-electron chi connectivity index (χ1n) is 5.18. The van der Waals surface area contributed by atoms with Gasteiger partial charge in [0.1, 0.15) is 5.15 Å². The molecule has 4 heteroatoms. The summed E-state index contributed by atoms with van der Waals surface area (Å²) in [5.74, 6) is 1.96. The minimum atomic E-state index is 0.587. The summed E-state index contributed by atoms with van der Waals surface area (Å²) in [5, 5.41) is 1.63. The first-order valence-corrected chi connectivity index (χ1v) is 6.54. The van der Waals surface area contributed by atoms with E-state index in [1.54, 1.807) is 0 Å². The molecule has 1 saturated heterocycles. The fourth-order valence-corrected chi connectivity index (χ4v) is 3.07. The molecule has 0 N–H and O–H groups in total. The Balaban J connectivity index is 1.83. The van der Waals surface area contributed by atoms with E-state index < -0.39 is 0 Å². The number of likely N-dealkylation sites (tertiary alicyclic amines) is 1. The van der Waals surface area contributed by atoms with Crippen LogP contribution in [0.2, 0.25) is 5.15 Å². The van der Waals surface area contributed by atoms with Crippen molar-refractivity contribution in [2.45, 2.75) is 11.4 Å². The predicted octanol–water partition coefficient (Wildman–Crippen LogP) is 2.78. The maximum atomic E-state index is 5.83. The fourth-order valence-electron chi connectivity index (χ4n) is 1.84. The smallest absolute Gasteiger partial charge is 0.130 e. The quantitative estimate of drug-likeness (QED) is 0.599. The van der Waals surface area contributed by atoms with E-state index in [2.05, 4.69) is 16.9 Å². The van der Waals surface area contributed by atoms with Gasteiger partial charge in [0.2, 0.25) is 0 Å². The molecule has 1 aromatic heterocycles. The van der Waals surface area contributed by atoms with E-state index in [1.807, 2.05) is 30.0 Å². The van der Waals surface area contributed by atoms with Crippen molar-refractivity contribution < 1.29 is 0 Å². The molecule has 0 unspecified atom stereocenters. The van der Waals surface area contributed by atoms with Crippen molar-refractivity contribution in [2.75, 3.05) is 25.9 Å². The van der Waals surface area contributed by atoms with E-state index in [0.29, 0.717) is 5.15 Å². The molecule has 15 heavy (non-hydrogen) atoms. The molecule has 0 bridgehead atoms. The van der Waals surface area contributed by atoms with Gasteiger partial charge in [-0.15, -0.1) is 11.8 Å². The minimum Gasteiger partial charge on any atom is -0.306 e. The van der Waals surface area contributed by atoms with Gasteiger partial charge in [0.15, 0.2) is 0 Å². The molecule has 0 radical (unpaired) electrons. The number of aromatic nitrogens is 1. The number of rotatable bonds is 3. The van der Waals surface area contributed by atoms with Crippen molar-refractivity contribution in [2.24, 2.45) is 5.92 Å². The standard InChI is InChI=1S/C11H15ClN2S/c1-14-6-5-9(7-14)8-15-11-4-2-3-10(12)13-11/h2-4,9H,5-8H2,1H3/t9-/m1/s1. The third-order valence-corrected chi connectivity index (χ3v) is 4.02. The lowest BCUT2D eigenvalue weighted by atomic mass is 10.2. The summed E-state index contributed by atoms with van der Waals surface area (Å²) in [5.41, 5.74) is 0. The normalized spacial score (nSPS) is 22.1. The summed E-state index contributed by atoms with van der Waals surface area (Å²) in [7, 11) is 2.18. The van der Waals surface area contributed by atoms with E-state index >= 15 is 0 Å². The zero-order valence-electron chi connectivity index (χ0n) is 8.82. The van der Waals surface area contributed by atoms with E-state index in [9.17, 15) is 0 Å². The van der Waals surface area contributed by atoms with Crippen LogP contribution in [-0.4, -0.2) is 35.8 Å². The molecule has 1 atom stereocenters. The number of thioether (sulfide) groups is 1. The fraction of sp³-hybridized carbons (Fsp3) is 0.545. The highest BCUT2D eigenvalue weighted by atomic mass is 35.5. The van der Waals surface area contributed by atoms with Gasteiger partial charge in [-0.25, -0.2) is 4.98 Å². The van der Waals surface area contributed by atoms with Crippen LogP contribution in [0.15, 0.2) is 23.2 Å². The molecule has 2 nitrogen and oxygen atoms in total. The highest BCUT2D eigenvalue weighted by Gasteiger charge is 2.19. The summed E-state index contributed by atoms with van der Waals surface area (Å²) in [4.78, 5) is 6.65. The molecule has 0 saturated carbocycles. The van der Waals surface area contributed by atoms with Crippen LogP contribution in [0.25, 0.3) is 0 Å². The van der Waals surface area contributed by atoms with E-state index in [-0.39, 0.29) is 0 Å². The summed E-state index contributed by atoms with van der Waals surface area (Å²) in [6.07, 6.45) is 1.31. The molecule has 1 fully saturated rings. The predicted molar refractivity (Wildman–Crippen MR) is 65.6 cm³/mol. The van der Waals surface area contributed by atoms with E-state index in [4.69, 9.17) is 11.6 Å². The average Bonchev–Trinajstić information content (AvgIpc) is 2.62. The first kappa shape index (κ1) is 11.2. The Morgan fingerprint density at radius 1 is 1.60 bits per heavy atom. The molecular formula is C11H15ClN2S. The molecule has 0 spiro atoms. The van der Waals surface area contributed by atoms with Crippen LogP contribution >= 0.6 is 23.4 Å². The van der Waals surface area contributed by atoms with Gasteiger partial charge in [0.25, 0.3) is 0 Å². The van der Waals surface area contributed by atoms with Crippen molar-refractivity contribution in [1.29, 1.82) is 0 Å². The van der Waals surface area contributed by atoms with Crippen molar-refractivity contribution in [3.8, 4) is 0 Å². The Labute approximate surface area is 100 Å². The number of hydrogen-bond donors (Lipinski definition) is 0. The summed E-state index contributed by atoms with van der Waals surface area (Å²) >= 11 is 7.64. The van der Waals surface area contributed by atoms with Crippen LogP contribution in [0, 0.1) is 5.92 Å². The lowest BCUT2D eigenvalue weighted by molar-refractivity contribution is 0.403. The molecule has 2 rings (SSSR count). The number of pyridine rings is 1. The second-order valence-corrected chi connectivity index (χ2v) is 5.45. The van der Waals surface area contributed by atoms with Crippen LogP contribution < -0.4 is 0 Å². The van der Waals surface area contributed by atoms with Gasteiger partial charge in [0.05, 0.1) is 5.03 Å². The Morgan fingerprint density at radius 2 is 2.47 bits per heavy atom. The Hall–Kier alpha value is -0.250. The van der Waals surface area contributed by atoms with Crippen LogP contribution in [0.5, 0.6) is 0 Å². The molecular weight excluding hydrogens is 228 g/mol. The van der Waals surface area contributed by atoms with Crippen molar-refractivity contribution in [3.63, 3.8) is 0 Å². The van der Waals surface area contributed by atoms with Gasteiger partial charge < -0.3 is 4.90 Å². The van der Waals surface area contributed by atoms with Crippen molar-refractivity contribution in [3.05, 3.63) is 23.4 Å². The SMILES string of the molecule is CN1CC[C@@H](CSc2cccc(Cl)n2)C1. The second kappa shape index (κ2) is 5.19. The molecule has 1 aromatic rings. The summed E-state index contributed by atoms with van der Waals surface area (Å²) < 4.78 is 0. The minimum absolute atomic E-state index is 0.587. The Bertz CT molecular complexity index is 332. The van der Waals surface area contributed by atoms with Gasteiger partial charge in [0, 0.05) is 12.3 Å². The topological polar surface area (TPSA) is 16.1 Å². The zero-order valence-corrected chi connectivity index (χ0v) is 10.4. The third-order valence-electron chi connectivity index (χ3n) is 2.65. The van der Waals surface area contributed by atoms with Gasteiger partial charge in [-0.1, -0.05) is 17.7 Å². The summed E-state index contributed by atoms with van der Waals surface area (Å²) in [6, 6.07) is 5.79. The highest BCUT2D eigenvalue weighted by Crippen LogP contribution is 2.24. The molecule has 0 amide bonds. The second-order valence-electron chi connectivity index (χ2n) is 4.03. The maximum Gasteiger partial charge on any atom is 0.130 e. The molecule has 0 aromatic carbocycles. The van der Waals surface area contributed by atoms with Crippen LogP contribution in [-0.2, 0) is 0 Å². The number of hydrogen-bond acceptors (Lipinski definition) is 3. The Morgan fingerprint density at radius 3 is 3.13 bits per heavy atom. The lowest BCUT2D eigenvalue weighted by Gasteiger charge is -2.09. The van der Waals surface area contributed by atoms with Gasteiger partial charge >= 0.3 is 0 Å². The lowest BCUT2D eigenvalue weighted by Crippen LogP contribution is -2.14. The van der Waals surface area contributed by atoms with Crippen molar-refractivity contribution >= 4 is 23.4 Å². The third kappa shape index (κ3) is 3.37. The number of nitrogens with zero attached hydrogens (tertiary/aromatic N) is 2. The van der Waals surface area contributed by atoms with Gasteiger partial charge in [-0.3, -0.25) is 0 Å². The van der Waals surface area contributed by atoms with E-state index in [1.165, 1.54) is 19.5 Å². The van der Waals surface area contributed by atoms with Gasteiger partial charge in [-0.05, 0) is 38.1 Å². The first-order chi connectivity index (χ1) is 7.24. The monoisotopic (exact) mass is 242 g/mol. The Kier molecular flexibility index (Phi) is 3.89. The zero-order chi connectivity index (χ0) is 10.7. The molecule has 0 aliphatic carbocycles. The van der Waals surface area contributed by atoms with Crippen LogP contribution in [0.3, 0.4) is 0 Å². The van der Waals surface area contributed by atoms with Crippen LogP contribution in [0.1, 0.15) is 6.42 Å². The summed E-state index contributed by atoms with van der Waals surface area (Å²) in [6.45, 7) is 2.45. The maximum absolute atomic E-state index is 5.83. The number of halogens is 1. The molecule has 1 aliphatic heterocycles. The molecule has 2 heterocycles. The highest BCUT2D eigenvalue weighted by molar-refractivity contribution is 7.99. The molecule has 82 valence electrons. The van der Waals surface area contributed by atoms with E-state index in [0.717, 1.165) is 16.7 Å². The van der Waals surface area contributed by atoms with Gasteiger partial charge in [-0.2, -0.15) is 0 Å². The van der Waals surface area contributed by atoms with Crippen LogP contribution in [0.4, 0.5) is 0 Å². The molecule has 1 aliphatic rings. The largest absolute Gasteiger partial charge is 0.306 e. The van der Waals surface area contributed by atoms with Crippen molar-refractivity contribution in [1.82, 2.24) is 9.88 Å².